The summed E-state index contributed by atoms with van der Waals surface area (Å²) in [6.07, 6.45) is -0.170. The van der Waals surface area contributed by atoms with Gasteiger partial charge in [-0.05, 0) is 29.8 Å². The molecule has 5 nitrogen and oxygen atoms in total. The summed E-state index contributed by atoms with van der Waals surface area (Å²) in [6.45, 7) is 0. The van der Waals surface area contributed by atoms with Gasteiger partial charge in [0.2, 0.25) is 0 Å². The van der Waals surface area contributed by atoms with Crippen molar-refractivity contribution in [3.63, 3.8) is 0 Å². The molecule has 1 heterocycles. The SMILES string of the molecule is O=C(O)Cc1cccc2c1c1ccccc1n2S(=O)(=O)c1ccccc1. The third-order valence-electron chi connectivity index (χ3n) is 4.36. The highest BCUT2D eigenvalue weighted by Crippen LogP contribution is 2.34. The number of hydrogen-bond acceptors (Lipinski definition) is 3. The zero-order chi connectivity index (χ0) is 18.3. The van der Waals surface area contributed by atoms with Gasteiger partial charge < -0.3 is 5.11 Å². The van der Waals surface area contributed by atoms with Gasteiger partial charge in [-0.25, -0.2) is 12.4 Å². The molecule has 0 aliphatic heterocycles. The summed E-state index contributed by atoms with van der Waals surface area (Å²) < 4.78 is 27.9. The van der Waals surface area contributed by atoms with Crippen LogP contribution in [0.15, 0.2) is 77.7 Å². The topological polar surface area (TPSA) is 76.4 Å². The molecule has 0 bridgehead atoms. The van der Waals surface area contributed by atoms with Gasteiger partial charge in [-0.3, -0.25) is 4.79 Å². The molecule has 0 amide bonds. The normalized spacial score (nSPS) is 11.8. The molecule has 0 saturated carbocycles. The number of rotatable bonds is 4. The Hall–Kier alpha value is -3.12. The minimum absolute atomic E-state index is 0.170. The standard InChI is InChI=1S/C20H15NO4S/c22-19(23)13-14-7-6-12-18-20(14)16-10-4-5-11-17(16)21(18)26(24,25)15-8-2-1-3-9-15/h1-12H,13H2,(H,22,23). The van der Waals surface area contributed by atoms with Gasteiger partial charge in [0.1, 0.15) is 0 Å². The number of benzene rings is 3. The van der Waals surface area contributed by atoms with Crippen LogP contribution < -0.4 is 0 Å². The van der Waals surface area contributed by atoms with Crippen molar-refractivity contribution in [1.29, 1.82) is 0 Å². The summed E-state index contributed by atoms with van der Waals surface area (Å²) in [6, 6.07) is 20.5. The van der Waals surface area contributed by atoms with Gasteiger partial charge in [-0.15, -0.1) is 0 Å². The van der Waals surface area contributed by atoms with Crippen LogP contribution in [0.5, 0.6) is 0 Å². The summed E-state index contributed by atoms with van der Waals surface area (Å²) in [5.74, 6) is -0.958. The lowest BCUT2D eigenvalue weighted by Gasteiger charge is -2.09. The second kappa shape index (κ2) is 6.00. The molecule has 130 valence electrons. The molecule has 4 aromatic rings. The molecule has 0 aliphatic carbocycles. The monoisotopic (exact) mass is 365 g/mol. The van der Waals surface area contributed by atoms with Crippen LogP contribution >= 0.6 is 0 Å². The Morgan fingerprint density at radius 3 is 2.23 bits per heavy atom. The molecule has 4 rings (SSSR count). The average Bonchev–Trinajstić information content (AvgIpc) is 2.98. The summed E-state index contributed by atoms with van der Waals surface area (Å²) in [4.78, 5) is 11.4. The Bertz CT molecular complexity index is 1240. The molecule has 0 atom stereocenters. The van der Waals surface area contributed by atoms with Gasteiger partial charge in [-0.1, -0.05) is 48.5 Å². The molecule has 0 fully saturated rings. The third-order valence-corrected chi connectivity index (χ3v) is 6.10. The van der Waals surface area contributed by atoms with Crippen molar-refractivity contribution in [1.82, 2.24) is 3.97 Å². The van der Waals surface area contributed by atoms with E-state index in [4.69, 9.17) is 0 Å². The van der Waals surface area contributed by atoms with Crippen molar-refractivity contribution in [2.75, 3.05) is 0 Å². The van der Waals surface area contributed by atoms with E-state index in [1.807, 2.05) is 12.1 Å². The second-order valence-electron chi connectivity index (χ2n) is 5.98. The van der Waals surface area contributed by atoms with E-state index >= 15 is 0 Å². The Kier molecular flexibility index (Phi) is 3.77. The number of carboxylic acids is 1. The van der Waals surface area contributed by atoms with Crippen LogP contribution in [-0.2, 0) is 21.2 Å². The van der Waals surface area contributed by atoms with E-state index in [2.05, 4.69) is 0 Å². The molecule has 0 unspecified atom stereocenters. The molecular weight excluding hydrogens is 350 g/mol. The zero-order valence-corrected chi connectivity index (χ0v) is 14.5. The molecule has 26 heavy (non-hydrogen) atoms. The fourth-order valence-electron chi connectivity index (χ4n) is 3.33. The maximum atomic E-state index is 13.3. The number of para-hydroxylation sites is 1. The average molecular weight is 365 g/mol. The van der Waals surface area contributed by atoms with Gasteiger partial charge in [-0.2, -0.15) is 0 Å². The molecular formula is C20H15NO4S. The van der Waals surface area contributed by atoms with Gasteiger partial charge in [0.25, 0.3) is 10.0 Å². The van der Waals surface area contributed by atoms with E-state index in [9.17, 15) is 18.3 Å². The quantitative estimate of drug-likeness (QED) is 0.599. The van der Waals surface area contributed by atoms with Crippen molar-refractivity contribution in [3.05, 3.63) is 78.4 Å². The molecule has 1 aromatic heterocycles. The zero-order valence-electron chi connectivity index (χ0n) is 13.7. The molecule has 1 N–H and O–H groups in total. The highest BCUT2D eigenvalue weighted by atomic mass is 32.2. The number of nitrogens with zero attached hydrogens (tertiary/aromatic N) is 1. The lowest BCUT2D eigenvalue weighted by Crippen LogP contribution is -2.12. The van der Waals surface area contributed by atoms with Gasteiger partial charge in [0, 0.05) is 10.8 Å². The first-order valence-electron chi connectivity index (χ1n) is 8.03. The highest BCUT2D eigenvalue weighted by Gasteiger charge is 2.24. The van der Waals surface area contributed by atoms with E-state index in [0.29, 0.717) is 22.0 Å². The third kappa shape index (κ3) is 2.46. The lowest BCUT2D eigenvalue weighted by molar-refractivity contribution is -0.136. The Labute approximate surface area is 150 Å². The fraction of sp³-hybridized carbons (Fsp3) is 0.0500. The molecule has 6 heteroatoms. The Morgan fingerprint density at radius 1 is 0.846 bits per heavy atom. The number of aromatic nitrogens is 1. The first-order chi connectivity index (χ1) is 12.5. The maximum absolute atomic E-state index is 13.3. The molecule has 0 saturated heterocycles. The predicted octanol–water partition coefficient (Wildman–Crippen LogP) is 3.66. The summed E-state index contributed by atoms with van der Waals surface area (Å²) >= 11 is 0. The van der Waals surface area contributed by atoms with E-state index < -0.39 is 16.0 Å². The van der Waals surface area contributed by atoms with Gasteiger partial charge in [0.05, 0.1) is 22.3 Å². The van der Waals surface area contributed by atoms with Crippen molar-refractivity contribution in [3.8, 4) is 0 Å². The maximum Gasteiger partial charge on any atom is 0.307 e. The minimum Gasteiger partial charge on any atom is -0.481 e. The van der Waals surface area contributed by atoms with Crippen molar-refractivity contribution >= 4 is 37.8 Å². The van der Waals surface area contributed by atoms with Crippen LogP contribution in [0.1, 0.15) is 5.56 Å². The first kappa shape index (κ1) is 16.4. The van der Waals surface area contributed by atoms with E-state index in [1.54, 1.807) is 60.7 Å². The van der Waals surface area contributed by atoms with Crippen LogP contribution in [0.2, 0.25) is 0 Å². The van der Waals surface area contributed by atoms with E-state index in [1.165, 1.54) is 3.97 Å². The summed E-state index contributed by atoms with van der Waals surface area (Å²) in [7, 11) is -3.82. The smallest absolute Gasteiger partial charge is 0.307 e. The summed E-state index contributed by atoms with van der Waals surface area (Å²) in [5.41, 5.74) is 1.60. The molecule has 0 spiro atoms. The van der Waals surface area contributed by atoms with Crippen molar-refractivity contribution in [2.45, 2.75) is 11.3 Å². The lowest BCUT2D eigenvalue weighted by atomic mass is 10.0. The number of hydrogen-bond donors (Lipinski definition) is 1. The van der Waals surface area contributed by atoms with Crippen LogP contribution in [0.3, 0.4) is 0 Å². The van der Waals surface area contributed by atoms with Crippen LogP contribution in [0.25, 0.3) is 21.8 Å². The fourth-order valence-corrected chi connectivity index (χ4v) is 4.87. The second-order valence-corrected chi connectivity index (χ2v) is 7.77. The number of carbonyl (C=O) groups is 1. The highest BCUT2D eigenvalue weighted by molar-refractivity contribution is 7.90. The van der Waals surface area contributed by atoms with Crippen molar-refractivity contribution < 1.29 is 18.3 Å². The van der Waals surface area contributed by atoms with Crippen LogP contribution in [0.4, 0.5) is 0 Å². The number of carboxylic acid groups (broad SMARTS) is 1. The Balaban J connectivity index is 2.15. The van der Waals surface area contributed by atoms with Crippen molar-refractivity contribution in [2.24, 2.45) is 0 Å². The molecule has 0 aliphatic rings. The van der Waals surface area contributed by atoms with Gasteiger partial charge in [0.15, 0.2) is 0 Å². The van der Waals surface area contributed by atoms with E-state index in [-0.39, 0.29) is 11.3 Å². The minimum atomic E-state index is -3.82. The number of aliphatic carboxylic acids is 1. The van der Waals surface area contributed by atoms with E-state index in [0.717, 1.165) is 5.39 Å². The van der Waals surface area contributed by atoms with Gasteiger partial charge >= 0.3 is 5.97 Å². The van der Waals surface area contributed by atoms with Crippen LogP contribution in [-0.4, -0.2) is 23.5 Å². The molecule has 0 radical (unpaired) electrons. The first-order valence-corrected chi connectivity index (χ1v) is 9.47. The predicted molar refractivity (Wildman–Crippen MR) is 99.8 cm³/mol. The number of fused-ring (bicyclic) bond motifs is 3. The Morgan fingerprint density at radius 2 is 1.50 bits per heavy atom. The van der Waals surface area contributed by atoms with Crippen LogP contribution in [0, 0.1) is 0 Å². The molecule has 3 aromatic carbocycles. The summed E-state index contributed by atoms with van der Waals surface area (Å²) in [5, 5.41) is 10.6. The largest absolute Gasteiger partial charge is 0.481 e.